The minimum atomic E-state index is -0.870. The van der Waals surface area contributed by atoms with Crippen molar-refractivity contribution in [2.24, 2.45) is 0 Å². The van der Waals surface area contributed by atoms with Gasteiger partial charge in [-0.25, -0.2) is 29.9 Å². The van der Waals surface area contributed by atoms with Crippen LogP contribution >= 0.6 is 0 Å². The summed E-state index contributed by atoms with van der Waals surface area (Å²) in [5, 5.41) is 22.3. The molecule has 0 saturated carbocycles. The average Bonchev–Trinajstić information content (AvgIpc) is 1.50. The molecule has 108 heavy (non-hydrogen) atoms. The second kappa shape index (κ2) is 24.4. The molecule has 0 radical (unpaired) electrons. The summed E-state index contributed by atoms with van der Waals surface area (Å²) < 4.78 is 14.1. The van der Waals surface area contributed by atoms with Crippen molar-refractivity contribution in [3.05, 3.63) is 395 Å². The lowest BCUT2D eigenvalue weighted by molar-refractivity contribution is 0.436. The van der Waals surface area contributed by atoms with Crippen molar-refractivity contribution in [3.8, 4) is 159 Å². The van der Waals surface area contributed by atoms with Gasteiger partial charge in [0, 0.05) is 61.2 Å². The largest absolute Gasteiger partial charge is 0.457 e. The van der Waals surface area contributed by atoms with Crippen molar-refractivity contribution >= 4 is 10.8 Å². The van der Waals surface area contributed by atoms with E-state index in [-0.39, 0.29) is 0 Å². The van der Waals surface area contributed by atoms with E-state index in [4.69, 9.17) is 39.4 Å². The molecule has 17 aromatic rings. The molecular weight excluding hydrogens is 1320 g/mol. The van der Waals surface area contributed by atoms with Crippen LogP contribution in [-0.2, 0) is 10.8 Å². The Morgan fingerprint density at radius 3 is 1.06 bits per heavy atom. The average molecular weight is 1380 g/mol. The Labute approximate surface area is 622 Å². The fourth-order valence-corrected chi connectivity index (χ4v) is 17.2. The first-order chi connectivity index (χ1) is 53.4. The lowest BCUT2D eigenvalue weighted by Crippen LogP contribution is -2.32. The smallest absolute Gasteiger partial charge is 0.164 e. The van der Waals surface area contributed by atoms with Crippen LogP contribution in [0.2, 0.25) is 0 Å². The topological polar surface area (TPSA) is 143 Å². The van der Waals surface area contributed by atoms with Crippen molar-refractivity contribution in [1.29, 1.82) is 10.5 Å². The summed E-state index contributed by atoms with van der Waals surface area (Å²) in [4.78, 5) is 31.8. The molecule has 10 nitrogen and oxygen atoms in total. The molecule has 0 bridgehead atoms. The first kappa shape index (κ1) is 61.8. The van der Waals surface area contributed by atoms with Gasteiger partial charge in [0.2, 0.25) is 0 Å². The molecule has 21 rings (SSSR count). The van der Waals surface area contributed by atoms with Gasteiger partial charge in [0.25, 0.3) is 0 Å². The normalized spacial score (nSPS) is 14.0. The molecule has 0 fully saturated rings. The van der Waals surface area contributed by atoms with Gasteiger partial charge in [-0.2, -0.15) is 10.5 Å². The number of para-hydroxylation sites is 4. The van der Waals surface area contributed by atoms with Gasteiger partial charge in [0.05, 0.1) is 34.1 Å². The van der Waals surface area contributed by atoms with Crippen LogP contribution in [0.4, 0.5) is 0 Å². The van der Waals surface area contributed by atoms with Crippen LogP contribution in [0.25, 0.3) is 135 Å². The Morgan fingerprint density at radius 2 is 0.556 bits per heavy atom. The van der Waals surface area contributed by atoms with Gasteiger partial charge in [-0.3, -0.25) is 0 Å². The standard InChI is InChI=1S/C98H56N8O2/c99-57-59-19-15-27-66(51-59)68-43-47-79-75(53-68)77-56-71(45-49-80(77)97(79)83-32-9-12-36-87(83)107-88-37-13-10-33-84(88)97)95-104-93(105-96(106-95)74-31-17-26-61-21-7-8-29-72(61)74)65-41-39-62(40-42-65)73-30-18-35-86-90(73)108-89-38-14-11-34-85(89)98(86)81-48-44-69(67-28-16-20-60(52-67)58-100)54-76(81)78-55-70(46-50-82(78)98)94-102-91(63-22-3-1-4-23-63)101-92(103-94)64-24-5-2-6-25-64/h1-56H. The van der Waals surface area contributed by atoms with Gasteiger partial charge in [-0.1, -0.05) is 273 Å². The summed E-state index contributed by atoms with van der Waals surface area (Å²) in [6, 6.07) is 122. The van der Waals surface area contributed by atoms with E-state index < -0.39 is 10.8 Å². The fraction of sp³-hybridized carbons (Fsp3) is 0.0204. The SMILES string of the molecule is N#Cc1cccc(-c2ccc3c(c2)-c2cc(-c4nc(-c5ccc(-c6cccc7c6Oc6ccccc6C76c7ccc(-c8cccc(C#N)c8)cc7-c7cc(-c8nc(-c9ccccc9)nc(-c9ccccc9)n8)ccc76)cc5)nc(-c5cccc6ccccc56)n4)ccc2C32c3ccccc3Oc3ccccc32)c1. The predicted molar refractivity (Wildman–Crippen MR) is 424 cm³/mol. The number of nitriles is 2. The van der Waals surface area contributed by atoms with Gasteiger partial charge in [-0.05, 0) is 150 Å². The number of nitrogens with zero attached hydrogens (tertiary/aromatic N) is 8. The van der Waals surface area contributed by atoms with E-state index in [0.29, 0.717) is 46.1 Å². The molecule has 1 unspecified atom stereocenters. The molecule has 0 saturated heterocycles. The van der Waals surface area contributed by atoms with Gasteiger partial charge in [0.1, 0.15) is 23.0 Å². The third-order valence-electron chi connectivity index (χ3n) is 22.0. The van der Waals surface area contributed by atoms with Crippen LogP contribution in [0.1, 0.15) is 55.6 Å². The van der Waals surface area contributed by atoms with E-state index in [1.807, 2.05) is 115 Å². The van der Waals surface area contributed by atoms with E-state index >= 15 is 0 Å². The molecule has 2 aliphatic heterocycles. The second-order valence-electron chi connectivity index (χ2n) is 27.8. The lowest BCUT2D eigenvalue weighted by atomic mass is 9.65. The third kappa shape index (κ3) is 9.51. The summed E-state index contributed by atoms with van der Waals surface area (Å²) in [7, 11) is 0. The molecule has 15 aromatic carbocycles. The quantitative estimate of drug-likeness (QED) is 0.137. The molecule has 10 heteroatoms. The number of ether oxygens (including phenoxy) is 2. The molecule has 0 amide bonds. The summed E-state index contributed by atoms with van der Waals surface area (Å²) >= 11 is 0. The highest BCUT2D eigenvalue weighted by Gasteiger charge is 2.53. The number of hydrogen-bond acceptors (Lipinski definition) is 10. The van der Waals surface area contributed by atoms with Crippen LogP contribution in [0.15, 0.2) is 340 Å². The lowest BCUT2D eigenvalue weighted by Gasteiger charge is -2.40. The van der Waals surface area contributed by atoms with Gasteiger partial charge < -0.3 is 9.47 Å². The monoisotopic (exact) mass is 1380 g/mol. The molecule has 1 atom stereocenters. The van der Waals surface area contributed by atoms with E-state index in [0.717, 1.165) is 167 Å². The molecule has 500 valence electrons. The maximum atomic E-state index is 10.1. The van der Waals surface area contributed by atoms with Crippen LogP contribution < -0.4 is 9.47 Å². The Morgan fingerprint density at radius 1 is 0.222 bits per heavy atom. The van der Waals surface area contributed by atoms with E-state index in [9.17, 15) is 10.5 Å². The van der Waals surface area contributed by atoms with Crippen molar-refractivity contribution in [3.63, 3.8) is 0 Å². The molecule has 2 aliphatic carbocycles. The van der Waals surface area contributed by atoms with E-state index in [1.165, 1.54) is 0 Å². The van der Waals surface area contributed by atoms with Crippen molar-refractivity contribution in [1.82, 2.24) is 29.9 Å². The minimum absolute atomic E-state index is 0.514. The Kier molecular flexibility index (Phi) is 14.0. The van der Waals surface area contributed by atoms with E-state index in [1.54, 1.807) is 0 Å². The highest BCUT2D eigenvalue weighted by Crippen LogP contribution is 2.66. The number of fused-ring (bicyclic) bond motifs is 19. The molecule has 0 N–H and O–H groups in total. The van der Waals surface area contributed by atoms with Crippen LogP contribution in [0.3, 0.4) is 0 Å². The van der Waals surface area contributed by atoms with Gasteiger partial charge >= 0.3 is 0 Å². The number of rotatable bonds is 9. The summed E-state index contributed by atoms with van der Waals surface area (Å²) in [5.74, 6) is 6.38. The maximum absolute atomic E-state index is 10.1. The number of benzene rings is 15. The zero-order chi connectivity index (χ0) is 71.6. The molecular formula is C98H56N8O2. The minimum Gasteiger partial charge on any atom is -0.457 e. The van der Waals surface area contributed by atoms with Crippen LogP contribution in [-0.4, -0.2) is 29.9 Å². The Hall–Kier alpha value is -14.8. The van der Waals surface area contributed by atoms with Crippen molar-refractivity contribution < 1.29 is 9.47 Å². The predicted octanol–water partition coefficient (Wildman–Crippen LogP) is 22.9. The second-order valence-corrected chi connectivity index (χ2v) is 27.8. The fourth-order valence-electron chi connectivity index (χ4n) is 17.2. The third-order valence-corrected chi connectivity index (χ3v) is 22.0. The molecule has 4 heterocycles. The summed E-state index contributed by atoms with van der Waals surface area (Å²) in [6.07, 6.45) is 0. The van der Waals surface area contributed by atoms with Crippen molar-refractivity contribution in [2.45, 2.75) is 10.8 Å². The van der Waals surface area contributed by atoms with Crippen LogP contribution in [0.5, 0.6) is 23.0 Å². The zero-order valence-electron chi connectivity index (χ0n) is 57.7. The first-order valence-electron chi connectivity index (χ1n) is 36.0. The summed E-state index contributed by atoms with van der Waals surface area (Å²) in [6.45, 7) is 0. The zero-order valence-corrected chi connectivity index (χ0v) is 57.7. The summed E-state index contributed by atoms with van der Waals surface area (Å²) in [5.41, 5.74) is 23.1. The van der Waals surface area contributed by atoms with Crippen LogP contribution in [0, 0.1) is 22.7 Å². The van der Waals surface area contributed by atoms with Gasteiger partial charge in [0.15, 0.2) is 34.9 Å². The molecule has 4 aliphatic rings. The molecule has 2 aromatic heterocycles. The Bertz CT molecular complexity index is 6630. The van der Waals surface area contributed by atoms with Gasteiger partial charge in [-0.15, -0.1) is 0 Å². The first-order valence-corrected chi connectivity index (χ1v) is 36.0. The molecule has 2 spiro atoms. The maximum Gasteiger partial charge on any atom is 0.164 e. The number of hydrogen-bond donors (Lipinski definition) is 0. The van der Waals surface area contributed by atoms with E-state index in [2.05, 4.69) is 237 Å². The number of aromatic nitrogens is 6. The Balaban J connectivity index is 0.721. The highest BCUT2D eigenvalue weighted by atomic mass is 16.5. The highest BCUT2D eigenvalue weighted by molar-refractivity contribution is 5.98. The van der Waals surface area contributed by atoms with Crippen molar-refractivity contribution in [2.75, 3.05) is 0 Å².